The number of carboxylic acid groups (broad SMARTS) is 1. The molecule has 0 aliphatic heterocycles. The van der Waals surface area contributed by atoms with E-state index in [1.54, 1.807) is 12.1 Å². The van der Waals surface area contributed by atoms with Crippen molar-refractivity contribution in [2.45, 2.75) is 19.4 Å². The third-order valence-electron chi connectivity index (χ3n) is 2.32. The number of rotatable bonds is 6. The molecule has 2 N–H and O–H groups in total. The van der Waals surface area contributed by atoms with Gasteiger partial charge in [-0.15, -0.1) is 0 Å². The van der Waals surface area contributed by atoms with Gasteiger partial charge in [0, 0.05) is 13.3 Å². The summed E-state index contributed by atoms with van der Waals surface area (Å²) in [7, 11) is 0. The Hall–Kier alpha value is -1.82. The van der Waals surface area contributed by atoms with Crippen molar-refractivity contribution in [2.24, 2.45) is 0 Å². The zero-order valence-electron chi connectivity index (χ0n) is 10.5. The highest BCUT2D eigenvalue weighted by atomic mass is 32.2. The molecule has 0 aliphatic carbocycles. The van der Waals surface area contributed by atoms with Crippen molar-refractivity contribution >= 4 is 28.8 Å². The summed E-state index contributed by atoms with van der Waals surface area (Å²) < 4.78 is 0. The molecule has 0 saturated heterocycles. The third-order valence-corrected chi connectivity index (χ3v) is 3.14. The molecule has 19 heavy (non-hydrogen) atoms. The molecule has 0 fully saturated rings. The lowest BCUT2D eigenvalue weighted by atomic mass is 10.1. The number of amides is 1. The van der Waals surface area contributed by atoms with Crippen molar-refractivity contribution in [3.05, 3.63) is 35.9 Å². The fourth-order valence-corrected chi connectivity index (χ4v) is 1.87. The molecular formula is C13H15NO4S. The van der Waals surface area contributed by atoms with Crippen LogP contribution in [0.3, 0.4) is 0 Å². The molecule has 0 unspecified atom stereocenters. The van der Waals surface area contributed by atoms with Crippen LogP contribution in [0.4, 0.5) is 0 Å². The first-order valence-electron chi connectivity index (χ1n) is 5.68. The zero-order valence-corrected chi connectivity index (χ0v) is 11.3. The maximum atomic E-state index is 11.5. The van der Waals surface area contributed by atoms with Crippen LogP contribution in [-0.4, -0.2) is 33.9 Å². The van der Waals surface area contributed by atoms with Gasteiger partial charge < -0.3 is 10.4 Å². The number of hydrogen-bond acceptors (Lipinski definition) is 4. The van der Waals surface area contributed by atoms with Gasteiger partial charge in [-0.05, 0) is 5.56 Å². The van der Waals surface area contributed by atoms with E-state index in [-0.39, 0.29) is 17.3 Å². The van der Waals surface area contributed by atoms with Crippen LogP contribution >= 0.6 is 11.8 Å². The molecule has 1 aromatic carbocycles. The molecule has 0 spiro atoms. The lowest BCUT2D eigenvalue weighted by Crippen LogP contribution is -2.43. The quantitative estimate of drug-likeness (QED) is 0.815. The van der Waals surface area contributed by atoms with Crippen LogP contribution in [-0.2, 0) is 20.8 Å². The van der Waals surface area contributed by atoms with Crippen molar-refractivity contribution in [3.63, 3.8) is 0 Å². The molecule has 0 aromatic heterocycles. The van der Waals surface area contributed by atoms with Crippen LogP contribution in [0.15, 0.2) is 30.3 Å². The van der Waals surface area contributed by atoms with Gasteiger partial charge in [-0.2, -0.15) is 0 Å². The summed E-state index contributed by atoms with van der Waals surface area (Å²) in [6.45, 7) is 1.36. The Bertz CT molecular complexity index is 461. The fourth-order valence-electron chi connectivity index (χ4n) is 1.45. The van der Waals surface area contributed by atoms with Gasteiger partial charge in [0.2, 0.25) is 5.91 Å². The van der Waals surface area contributed by atoms with Gasteiger partial charge in [0.05, 0.1) is 5.75 Å². The third kappa shape index (κ3) is 6.05. The second kappa shape index (κ2) is 7.58. The number of aliphatic carboxylic acids is 1. The fraction of sp³-hybridized carbons (Fsp3) is 0.308. The van der Waals surface area contributed by atoms with Gasteiger partial charge >= 0.3 is 5.97 Å². The predicted molar refractivity (Wildman–Crippen MR) is 72.9 cm³/mol. The van der Waals surface area contributed by atoms with Crippen LogP contribution in [0.2, 0.25) is 0 Å². The van der Waals surface area contributed by atoms with Crippen molar-refractivity contribution in [3.8, 4) is 0 Å². The Labute approximate surface area is 115 Å². The van der Waals surface area contributed by atoms with Crippen molar-refractivity contribution in [1.29, 1.82) is 0 Å². The highest BCUT2D eigenvalue weighted by Gasteiger charge is 2.20. The first-order chi connectivity index (χ1) is 8.99. The van der Waals surface area contributed by atoms with Crippen molar-refractivity contribution in [1.82, 2.24) is 5.32 Å². The lowest BCUT2D eigenvalue weighted by molar-refractivity contribution is -0.141. The molecule has 102 valence electrons. The molecule has 5 nitrogen and oxygen atoms in total. The zero-order chi connectivity index (χ0) is 14.3. The number of carbonyl (C=O) groups is 3. The molecule has 0 radical (unpaired) electrons. The Morgan fingerprint density at radius 2 is 1.89 bits per heavy atom. The first-order valence-corrected chi connectivity index (χ1v) is 6.67. The number of thioether (sulfide) groups is 1. The summed E-state index contributed by atoms with van der Waals surface area (Å²) in [5.74, 6) is -1.61. The SMILES string of the molecule is CC(=O)SCC(=O)N[C@@H](Cc1ccccc1)C(=O)O. The molecule has 1 amide bonds. The minimum Gasteiger partial charge on any atom is -0.480 e. The summed E-state index contributed by atoms with van der Waals surface area (Å²) in [5, 5.41) is 11.3. The first kappa shape index (κ1) is 15.2. The highest BCUT2D eigenvalue weighted by Crippen LogP contribution is 2.05. The number of benzene rings is 1. The molecule has 6 heteroatoms. The van der Waals surface area contributed by atoms with Crippen molar-refractivity contribution < 1.29 is 19.5 Å². The molecule has 0 bridgehead atoms. The monoisotopic (exact) mass is 281 g/mol. The van der Waals surface area contributed by atoms with E-state index in [9.17, 15) is 14.4 Å². The van der Waals surface area contributed by atoms with E-state index in [0.717, 1.165) is 17.3 Å². The average Bonchev–Trinajstić information content (AvgIpc) is 2.36. The van der Waals surface area contributed by atoms with Gasteiger partial charge in [-0.3, -0.25) is 9.59 Å². The van der Waals surface area contributed by atoms with E-state index < -0.39 is 17.9 Å². The summed E-state index contributed by atoms with van der Waals surface area (Å²) in [5.41, 5.74) is 0.828. The Balaban J connectivity index is 2.56. The smallest absolute Gasteiger partial charge is 0.326 e. The molecular weight excluding hydrogens is 266 g/mol. The van der Waals surface area contributed by atoms with Gasteiger partial charge in [-0.1, -0.05) is 42.1 Å². The number of carboxylic acids is 1. The maximum Gasteiger partial charge on any atom is 0.326 e. The van der Waals surface area contributed by atoms with Crippen LogP contribution in [0.5, 0.6) is 0 Å². The molecule has 0 heterocycles. The van der Waals surface area contributed by atoms with E-state index in [1.165, 1.54) is 6.92 Å². The van der Waals surface area contributed by atoms with Crippen LogP contribution in [0.25, 0.3) is 0 Å². The molecule has 0 saturated carbocycles. The average molecular weight is 281 g/mol. The van der Waals surface area contributed by atoms with E-state index in [0.29, 0.717) is 0 Å². The van der Waals surface area contributed by atoms with Crippen LogP contribution in [0, 0.1) is 0 Å². The van der Waals surface area contributed by atoms with E-state index in [1.807, 2.05) is 18.2 Å². The van der Waals surface area contributed by atoms with Gasteiger partial charge in [0.15, 0.2) is 5.12 Å². The second-order valence-electron chi connectivity index (χ2n) is 3.93. The number of carbonyl (C=O) groups excluding carboxylic acids is 2. The van der Waals surface area contributed by atoms with E-state index >= 15 is 0 Å². The minimum atomic E-state index is -1.09. The normalized spacial score (nSPS) is 11.6. The standard InChI is InChI=1S/C13H15NO4S/c1-9(15)19-8-12(16)14-11(13(17)18)7-10-5-3-2-4-6-10/h2-6,11H,7-8H2,1H3,(H,14,16)(H,17,18)/t11-/m0/s1. The second-order valence-corrected chi connectivity index (χ2v) is 5.08. The maximum absolute atomic E-state index is 11.5. The Kier molecular flexibility index (Phi) is 6.08. The van der Waals surface area contributed by atoms with Gasteiger partial charge in [0.1, 0.15) is 6.04 Å². The Morgan fingerprint density at radius 1 is 1.26 bits per heavy atom. The molecule has 0 aliphatic rings. The topological polar surface area (TPSA) is 83.5 Å². The van der Waals surface area contributed by atoms with E-state index in [4.69, 9.17) is 5.11 Å². The van der Waals surface area contributed by atoms with Gasteiger partial charge in [0.25, 0.3) is 0 Å². The summed E-state index contributed by atoms with van der Waals surface area (Å²) >= 11 is 0.855. The largest absolute Gasteiger partial charge is 0.480 e. The number of nitrogens with one attached hydrogen (secondary N) is 1. The summed E-state index contributed by atoms with van der Waals surface area (Å²) in [4.78, 5) is 33.3. The van der Waals surface area contributed by atoms with Crippen LogP contribution in [0.1, 0.15) is 12.5 Å². The molecule has 1 aromatic rings. The molecule has 1 atom stereocenters. The molecule has 1 rings (SSSR count). The van der Waals surface area contributed by atoms with Crippen LogP contribution < -0.4 is 5.32 Å². The van der Waals surface area contributed by atoms with Crippen molar-refractivity contribution in [2.75, 3.05) is 5.75 Å². The lowest BCUT2D eigenvalue weighted by Gasteiger charge is -2.14. The highest BCUT2D eigenvalue weighted by molar-refractivity contribution is 8.14. The Morgan fingerprint density at radius 3 is 2.42 bits per heavy atom. The number of hydrogen-bond donors (Lipinski definition) is 2. The predicted octanol–water partition coefficient (Wildman–Crippen LogP) is 1.08. The summed E-state index contributed by atoms with van der Waals surface area (Å²) in [6.07, 6.45) is 0.215. The van der Waals surface area contributed by atoms with E-state index in [2.05, 4.69) is 5.32 Å². The van der Waals surface area contributed by atoms with Gasteiger partial charge in [-0.25, -0.2) is 4.79 Å². The minimum absolute atomic E-state index is 0.0616. The summed E-state index contributed by atoms with van der Waals surface area (Å²) in [6, 6.07) is 8.06.